The molecule has 0 aliphatic heterocycles. The lowest BCUT2D eigenvalue weighted by Gasteiger charge is -2.07. The molecule has 0 aliphatic rings. The van der Waals surface area contributed by atoms with Gasteiger partial charge in [-0.25, -0.2) is 9.18 Å². The number of hydrogen-bond donors (Lipinski definition) is 1. The highest BCUT2D eigenvalue weighted by atomic mass is 19.1. The molecule has 0 unspecified atom stereocenters. The second-order valence-electron chi connectivity index (χ2n) is 4.69. The number of benzene rings is 2. The van der Waals surface area contributed by atoms with Crippen molar-refractivity contribution in [3.63, 3.8) is 0 Å². The molecule has 0 amide bonds. The first-order chi connectivity index (χ1) is 9.56. The van der Waals surface area contributed by atoms with Crippen LogP contribution in [0.3, 0.4) is 0 Å². The second kappa shape index (κ2) is 4.49. The summed E-state index contributed by atoms with van der Waals surface area (Å²) in [4.78, 5) is 11.1. The van der Waals surface area contributed by atoms with Crippen molar-refractivity contribution in [2.24, 2.45) is 0 Å². The normalized spacial score (nSPS) is 10.9. The van der Waals surface area contributed by atoms with Gasteiger partial charge in [-0.05, 0) is 55.0 Å². The predicted molar refractivity (Wildman–Crippen MR) is 74.9 cm³/mol. The van der Waals surface area contributed by atoms with Gasteiger partial charge in [0.05, 0.1) is 11.1 Å². The van der Waals surface area contributed by atoms with Crippen molar-refractivity contribution < 1.29 is 14.3 Å². The zero-order valence-corrected chi connectivity index (χ0v) is 10.8. The molecule has 0 saturated heterocycles. The maximum Gasteiger partial charge on any atom is 0.335 e. The van der Waals surface area contributed by atoms with Crippen molar-refractivity contribution in [3.05, 3.63) is 65.6 Å². The Kier molecular flexibility index (Phi) is 2.79. The van der Waals surface area contributed by atoms with Crippen LogP contribution in [-0.2, 0) is 0 Å². The molecule has 4 heteroatoms. The summed E-state index contributed by atoms with van der Waals surface area (Å²) < 4.78 is 14.9. The summed E-state index contributed by atoms with van der Waals surface area (Å²) >= 11 is 0. The standard InChI is InChI=1S/C16H12FNO2/c1-10-8-15-11(9-14(10)16(19)20)6-7-18(15)13-4-2-12(17)3-5-13/h2-9H,1H3,(H,19,20). The molecule has 0 radical (unpaired) electrons. The predicted octanol–water partition coefficient (Wildman–Crippen LogP) is 3.78. The molecule has 1 heterocycles. The molecule has 3 aromatic rings. The van der Waals surface area contributed by atoms with E-state index in [0.717, 1.165) is 16.6 Å². The summed E-state index contributed by atoms with van der Waals surface area (Å²) in [7, 11) is 0. The molecule has 0 bridgehead atoms. The van der Waals surface area contributed by atoms with Gasteiger partial charge in [0.1, 0.15) is 5.82 Å². The maximum atomic E-state index is 13.0. The Balaban J connectivity index is 2.21. The number of hydrogen-bond acceptors (Lipinski definition) is 1. The molecule has 1 aromatic heterocycles. The van der Waals surface area contributed by atoms with E-state index in [1.54, 1.807) is 25.1 Å². The number of aromatic nitrogens is 1. The zero-order valence-electron chi connectivity index (χ0n) is 10.8. The van der Waals surface area contributed by atoms with E-state index >= 15 is 0 Å². The van der Waals surface area contributed by atoms with Gasteiger partial charge in [-0.1, -0.05) is 0 Å². The van der Waals surface area contributed by atoms with Gasteiger partial charge in [-0.15, -0.1) is 0 Å². The number of rotatable bonds is 2. The average Bonchev–Trinajstić information content (AvgIpc) is 2.81. The van der Waals surface area contributed by atoms with E-state index < -0.39 is 5.97 Å². The van der Waals surface area contributed by atoms with Crippen LogP contribution >= 0.6 is 0 Å². The number of nitrogens with zero attached hydrogens (tertiary/aromatic N) is 1. The fourth-order valence-electron chi connectivity index (χ4n) is 2.34. The number of carbonyl (C=O) groups is 1. The highest BCUT2D eigenvalue weighted by molar-refractivity contribution is 5.95. The lowest BCUT2D eigenvalue weighted by molar-refractivity contribution is 0.0696. The van der Waals surface area contributed by atoms with Gasteiger partial charge in [0, 0.05) is 17.3 Å². The summed E-state index contributed by atoms with van der Waals surface area (Å²) in [6, 6.07) is 11.5. The minimum absolute atomic E-state index is 0.283. The van der Waals surface area contributed by atoms with E-state index in [9.17, 15) is 9.18 Å². The third-order valence-corrected chi connectivity index (χ3v) is 3.37. The molecule has 0 atom stereocenters. The molecule has 20 heavy (non-hydrogen) atoms. The number of carboxylic acids is 1. The minimum atomic E-state index is -0.932. The number of aromatic carboxylic acids is 1. The van der Waals surface area contributed by atoms with E-state index in [1.807, 2.05) is 22.9 Å². The SMILES string of the molecule is Cc1cc2c(ccn2-c2ccc(F)cc2)cc1C(=O)O. The lowest BCUT2D eigenvalue weighted by atomic mass is 10.1. The molecule has 3 nitrogen and oxygen atoms in total. The van der Waals surface area contributed by atoms with Gasteiger partial charge in [0.15, 0.2) is 0 Å². The third-order valence-electron chi connectivity index (χ3n) is 3.37. The van der Waals surface area contributed by atoms with Gasteiger partial charge < -0.3 is 9.67 Å². The molecular weight excluding hydrogens is 257 g/mol. The fourth-order valence-corrected chi connectivity index (χ4v) is 2.34. The van der Waals surface area contributed by atoms with Crippen molar-refractivity contribution in [2.45, 2.75) is 6.92 Å². The van der Waals surface area contributed by atoms with Crippen LogP contribution in [0.15, 0.2) is 48.7 Å². The Morgan fingerprint density at radius 1 is 1.15 bits per heavy atom. The Labute approximate surface area is 114 Å². The number of aryl methyl sites for hydroxylation is 1. The first-order valence-electron chi connectivity index (χ1n) is 6.17. The molecule has 2 aromatic carbocycles. The number of carboxylic acid groups (broad SMARTS) is 1. The highest BCUT2D eigenvalue weighted by Gasteiger charge is 2.11. The first kappa shape index (κ1) is 12.4. The Morgan fingerprint density at radius 2 is 1.85 bits per heavy atom. The van der Waals surface area contributed by atoms with E-state index in [2.05, 4.69) is 0 Å². The molecule has 0 fully saturated rings. The summed E-state index contributed by atoms with van der Waals surface area (Å²) in [5, 5.41) is 9.98. The van der Waals surface area contributed by atoms with E-state index in [-0.39, 0.29) is 5.82 Å². The smallest absolute Gasteiger partial charge is 0.335 e. The molecule has 100 valence electrons. The summed E-state index contributed by atoms with van der Waals surface area (Å²) in [5.74, 6) is -1.21. The third kappa shape index (κ3) is 1.95. The van der Waals surface area contributed by atoms with Gasteiger partial charge in [0.25, 0.3) is 0 Å². The van der Waals surface area contributed by atoms with Crippen LogP contribution in [0, 0.1) is 12.7 Å². The van der Waals surface area contributed by atoms with Crippen LogP contribution in [-0.4, -0.2) is 15.6 Å². The lowest BCUT2D eigenvalue weighted by Crippen LogP contribution is -2.00. The van der Waals surface area contributed by atoms with E-state index in [4.69, 9.17) is 5.11 Å². The van der Waals surface area contributed by atoms with E-state index in [0.29, 0.717) is 11.1 Å². The molecular formula is C16H12FNO2. The van der Waals surface area contributed by atoms with Gasteiger partial charge >= 0.3 is 5.97 Å². The van der Waals surface area contributed by atoms with Crippen molar-refractivity contribution >= 4 is 16.9 Å². The van der Waals surface area contributed by atoms with Crippen LogP contribution in [0.2, 0.25) is 0 Å². The van der Waals surface area contributed by atoms with Gasteiger partial charge in [-0.2, -0.15) is 0 Å². The molecule has 0 saturated carbocycles. The number of halogens is 1. The first-order valence-corrected chi connectivity index (χ1v) is 6.17. The monoisotopic (exact) mass is 269 g/mol. The summed E-state index contributed by atoms with van der Waals surface area (Å²) in [5.41, 5.74) is 2.74. The average molecular weight is 269 g/mol. The van der Waals surface area contributed by atoms with Crippen LogP contribution in [0.25, 0.3) is 16.6 Å². The Bertz CT molecular complexity index is 803. The summed E-state index contributed by atoms with van der Waals surface area (Å²) in [6.45, 7) is 1.77. The fraction of sp³-hybridized carbons (Fsp3) is 0.0625. The Morgan fingerprint density at radius 3 is 2.50 bits per heavy atom. The topological polar surface area (TPSA) is 42.2 Å². The highest BCUT2D eigenvalue weighted by Crippen LogP contribution is 2.24. The molecule has 3 rings (SSSR count). The second-order valence-corrected chi connectivity index (χ2v) is 4.69. The Hall–Kier alpha value is -2.62. The van der Waals surface area contributed by atoms with Crippen LogP contribution in [0.5, 0.6) is 0 Å². The minimum Gasteiger partial charge on any atom is -0.478 e. The van der Waals surface area contributed by atoms with Gasteiger partial charge in [0.2, 0.25) is 0 Å². The molecule has 1 N–H and O–H groups in total. The number of fused-ring (bicyclic) bond motifs is 1. The molecule has 0 aliphatic carbocycles. The van der Waals surface area contributed by atoms with Gasteiger partial charge in [-0.3, -0.25) is 0 Å². The largest absolute Gasteiger partial charge is 0.478 e. The van der Waals surface area contributed by atoms with E-state index in [1.165, 1.54) is 12.1 Å². The molecule has 0 spiro atoms. The zero-order chi connectivity index (χ0) is 14.3. The van der Waals surface area contributed by atoms with Crippen LogP contribution in [0.4, 0.5) is 4.39 Å². The van der Waals surface area contributed by atoms with Crippen molar-refractivity contribution in [1.82, 2.24) is 4.57 Å². The van der Waals surface area contributed by atoms with Crippen molar-refractivity contribution in [2.75, 3.05) is 0 Å². The van der Waals surface area contributed by atoms with Crippen LogP contribution in [0.1, 0.15) is 15.9 Å². The van der Waals surface area contributed by atoms with Crippen molar-refractivity contribution in [1.29, 1.82) is 0 Å². The van der Waals surface area contributed by atoms with Crippen molar-refractivity contribution in [3.8, 4) is 5.69 Å². The maximum absolute atomic E-state index is 13.0. The summed E-state index contributed by atoms with van der Waals surface area (Å²) in [6.07, 6.45) is 1.85. The quantitative estimate of drug-likeness (QED) is 0.769. The van der Waals surface area contributed by atoms with Crippen LogP contribution < -0.4 is 0 Å².